The molecule has 1 nitrogen and oxygen atoms in total. The normalized spacial score (nSPS) is 21.9. The summed E-state index contributed by atoms with van der Waals surface area (Å²) in [5, 5.41) is 0.799. The number of aldehydes is 1. The summed E-state index contributed by atoms with van der Waals surface area (Å²) in [4.78, 5) is 10.9. The Hall–Kier alpha value is -0.820. The van der Waals surface area contributed by atoms with Crippen molar-refractivity contribution in [3.8, 4) is 0 Å². The fraction of sp³-hybridized carbons (Fsp3) is 0.462. The molecule has 0 amide bonds. The highest BCUT2D eigenvalue weighted by molar-refractivity contribution is 6.30. The Morgan fingerprint density at radius 3 is 3.07 bits per heavy atom. The molecule has 1 aromatic rings. The minimum atomic E-state index is 0.116. The molecule has 0 saturated carbocycles. The molecule has 0 fully saturated rings. The quantitative estimate of drug-likeness (QED) is 0.699. The molecule has 2 heteroatoms. The van der Waals surface area contributed by atoms with Gasteiger partial charge in [0.05, 0.1) is 0 Å². The largest absolute Gasteiger partial charge is 0.303 e. The van der Waals surface area contributed by atoms with Gasteiger partial charge in [-0.25, -0.2) is 0 Å². The zero-order valence-electron chi connectivity index (χ0n) is 8.87. The molecule has 1 aromatic carbocycles. The van der Waals surface area contributed by atoms with Crippen molar-refractivity contribution in [1.82, 2.24) is 0 Å². The van der Waals surface area contributed by atoms with E-state index in [2.05, 4.69) is 6.07 Å². The highest BCUT2D eigenvalue weighted by atomic mass is 35.5. The zero-order valence-corrected chi connectivity index (χ0v) is 9.63. The third kappa shape index (κ3) is 2.07. The predicted octanol–water partition coefficient (Wildman–Crippen LogP) is 3.59. The van der Waals surface area contributed by atoms with Gasteiger partial charge < -0.3 is 4.79 Å². The Kier molecular flexibility index (Phi) is 3.11. The van der Waals surface area contributed by atoms with E-state index in [1.165, 1.54) is 11.1 Å². The number of benzene rings is 1. The fourth-order valence-corrected chi connectivity index (χ4v) is 2.66. The lowest BCUT2D eigenvalue weighted by Crippen LogP contribution is -2.17. The Morgan fingerprint density at radius 1 is 1.53 bits per heavy atom. The molecule has 15 heavy (non-hydrogen) atoms. The SMILES string of the molecule is CC(C=O)C1CCCc2cc(Cl)ccc21. The van der Waals surface area contributed by atoms with Gasteiger partial charge in [-0.1, -0.05) is 24.6 Å². The second kappa shape index (κ2) is 4.36. The lowest BCUT2D eigenvalue weighted by Gasteiger charge is -2.27. The van der Waals surface area contributed by atoms with Crippen LogP contribution in [-0.2, 0) is 11.2 Å². The van der Waals surface area contributed by atoms with Crippen molar-refractivity contribution < 1.29 is 4.79 Å². The molecule has 2 unspecified atom stereocenters. The molecular weight excluding hydrogens is 208 g/mol. The van der Waals surface area contributed by atoms with E-state index < -0.39 is 0 Å². The third-order valence-corrected chi connectivity index (χ3v) is 3.55. The molecule has 2 atom stereocenters. The first-order valence-electron chi connectivity index (χ1n) is 5.46. The highest BCUT2D eigenvalue weighted by Gasteiger charge is 2.24. The summed E-state index contributed by atoms with van der Waals surface area (Å²) in [7, 11) is 0. The van der Waals surface area contributed by atoms with Gasteiger partial charge in [-0.15, -0.1) is 0 Å². The van der Waals surface area contributed by atoms with Gasteiger partial charge in [-0.3, -0.25) is 0 Å². The van der Waals surface area contributed by atoms with Crippen LogP contribution in [0.1, 0.15) is 36.8 Å². The molecule has 0 aromatic heterocycles. The van der Waals surface area contributed by atoms with Crippen LogP contribution in [-0.4, -0.2) is 6.29 Å². The van der Waals surface area contributed by atoms with E-state index >= 15 is 0 Å². The maximum absolute atomic E-state index is 10.9. The van der Waals surface area contributed by atoms with Crippen LogP contribution in [0.5, 0.6) is 0 Å². The monoisotopic (exact) mass is 222 g/mol. The fourth-order valence-electron chi connectivity index (χ4n) is 2.46. The van der Waals surface area contributed by atoms with Crippen LogP contribution in [0.2, 0.25) is 5.02 Å². The van der Waals surface area contributed by atoms with Crippen LogP contribution in [0.25, 0.3) is 0 Å². The van der Waals surface area contributed by atoms with Crippen LogP contribution in [0.3, 0.4) is 0 Å². The Labute approximate surface area is 95.4 Å². The molecule has 2 rings (SSSR count). The summed E-state index contributed by atoms with van der Waals surface area (Å²) >= 11 is 5.97. The van der Waals surface area contributed by atoms with Crippen molar-refractivity contribution in [1.29, 1.82) is 0 Å². The minimum Gasteiger partial charge on any atom is -0.303 e. The molecule has 0 bridgehead atoms. The Bertz CT molecular complexity index is 373. The molecule has 0 radical (unpaired) electrons. The summed E-state index contributed by atoms with van der Waals surface area (Å²) in [6, 6.07) is 6.05. The van der Waals surface area contributed by atoms with Gasteiger partial charge in [0.25, 0.3) is 0 Å². The molecule has 1 aliphatic carbocycles. The van der Waals surface area contributed by atoms with E-state index in [1.54, 1.807) is 0 Å². The number of halogens is 1. The third-order valence-electron chi connectivity index (χ3n) is 3.32. The van der Waals surface area contributed by atoms with Crippen molar-refractivity contribution in [2.75, 3.05) is 0 Å². The highest BCUT2D eigenvalue weighted by Crippen LogP contribution is 2.37. The van der Waals surface area contributed by atoms with Gasteiger partial charge >= 0.3 is 0 Å². The predicted molar refractivity (Wildman–Crippen MR) is 62.4 cm³/mol. The average molecular weight is 223 g/mol. The van der Waals surface area contributed by atoms with Crippen molar-refractivity contribution in [3.05, 3.63) is 34.3 Å². The van der Waals surface area contributed by atoms with E-state index in [1.807, 2.05) is 19.1 Å². The first kappa shape index (κ1) is 10.7. The van der Waals surface area contributed by atoms with Crippen molar-refractivity contribution >= 4 is 17.9 Å². The lowest BCUT2D eigenvalue weighted by atomic mass is 9.77. The minimum absolute atomic E-state index is 0.116. The van der Waals surface area contributed by atoms with Crippen molar-refractivity contribution in [3.63, 3.8) is 0 Å². The summed E-state index contributed by atoms with van der Waals surface area (Å²) in [5.74, 6) is 0.508. The molecule has 1 aliphatic rings. The number of hydrogen-bond donors (Lipinski definition) is 0. The number of fused-ring (bicyclic) bond motifs is 1. The van der Waals surface area contributed by atoms with Crippen LogP contribution in [0.4, 0.5) is 0 Å². The molecule has 0 aliphatic heterocycles. The Morgan fingerprint density at radius 2 is 2.33 bits per heavy atom. The first-order chi connectivity index (χ1) is 7.22. The average Bonchev–Trinajstić information content (AvgIpc) is 2.26. The van der Waals surface area contributed by atoms with Gasteiger partial charge in [0.1, 0.15) is 6.29 Å². The maximum atomic E-state index is 10.9. The van der Waals surface area contributed by atoms with Crippen molar-refractivity contribution in [2.45, 2.75) is 32.1 Å². The molecule has 80 valence electrons. The maximum Gasteiger partial charge on any atom is 0.123 e. The number of rotatable bonds is 2. The summed E-state index contributed by atoms with van der Waals surface area (Å²) in [6.07, 6.45) is 4.44. The lowest BCUT2D eigenvalue weighted by molar-refractivity contribution is -0.111. The number of carbonyl (C=O) groups is 1. The Balaban J connectivity index is 2.38. The van der Waals surface area contributed by atoms with Gasteiger partial charge in [0.2, 0.25) is 0 Å². The van der Waals surface area contributed by atoms with E-state index in [4.69, 9.17) is 11.6 Å². The van der Waals surface area contributed by atoms with Crippen LogP contribution >= 0.6 is 11.6 Å². The zero-order chi connectivity index (χ0) is 10.8. The smallest absolute Gasteiger partial charge is 0.123 e. The number of carbonyl (C=O) groups excluding carboxylic acids is 1. The van der Waals surface area contributed by atoms with Crippen LogP contribution < -0.4 is 0 Å². The number of aryl methyl sites for hydroxylation is 1. The summed E-state index contributed by atoms with van der Waals surface area (Å²) in [6.45, 7) is 2.00. The summed E-state index contributed by atoms with van der Waals surface area (Å²) < 4.78 is 0. The van der Waals surface area contributed by atoms with Gasteiger partial charge in [-0.2, -0.15) is 0 Å². The second-order valence-electron chi connectivity index (χ2n) is 4.34. The summed E-state index contributed by atoms with van der Waals surface area (Å²) in [5.41, 5.74) is 2.65. The molecule has 0 spiro atoms. The van der Waals surface area contributed by atoms with E-state index in [-0.39, 0.29) is 5.92 Å². The molecule has 0 N–H and O–H groups in total. The van der Waals surface area contributed by atoms with Crippen LogP contribution in [0, 0.1) is 5.92 Å². The van der Waals surface area contributed by atoms with Gasteiger partial charge in [0.15, 0.2) is 0 Å². The standard InChI is InChI=1S/C13H15ClO/c1-9(8-15)12-4-2-3-10-7-11(14)5-6-13(10)12/h5-9,12H,2-4H2,1H3. The van der Waals surface area contributed by atoms with Gasteiger partial charge in [-0.05, 0) is 48.4 Å². The second-order valence-corrected chi connectivity index (χ2v) is 4.77. The number of hydrogen-bond acceptors (Lipinski definition) is 1. The first-order valence-corrected chi connectivity index (χ1v) is 5.84. The molecule has 0 saturated heterocycles. The van der Waals surface area contributed by atoms with E-state index in [0.29, 0.717) is 5.92 Å². The van der Waals surface area contributed by atoms with Crippen molar-refractivity contribution in [2.24, 2.45) is 5.92 Å². The topological polar surface area (TPSA) is 17.1 Å². The van der Waals surface area contributed by atoms with E-state index in [9.17, 15) is 4.79 Å². The molecular formula is C13H15ClO. The molecule has 0 heterocycles. The van der Waals surface area contributed by atoms with Gasteiger partial charge in [0, 0.05) is 10.9 Å². The van der Waals surface area contributed by atoms with E-state index in [0.717, 1.165) is 30.6 Å². The van der Waals surface area contributed by atoms with Crippen LogP contribution in [0.15, 0.2) is 18.2 Å².